The first kappa shape index (κ1) is 23.6. The van der Waals surface area contributed by atoms with Gasteiger partial charge in [-0.3, -0.25) is 9.69 Å². The van der Waals surface area contributed by atoms with Crippen LogP contribution in [0.15, 0.2) is 77.7 Å². The minimum Gasteiger partial charge on any atom is -0.489 e. The molecule has 1 heterocycles. The van der Waals surface area contributed by atoms with E-state index in [1.54, 1.807) is 4.90 Å². The largest absolute Gasteiger partial charge is 0.489 e. The number of hydrogen-bond acceptors (Lipinski definition) is 4. The van der Waals surface area contributed by atoms with Gasteiger partial charge in [0.15, 0.2) is 4.32 Å². The van der Waals surface area contributed by atoms with E-state index in [9.17, 15) is 4.79 Å². The second kappa shape index (κ2) is 11.0. The number of hydrogen-bond donors (Lipinski definition) is 0. The minimum atomic E-state index is -0.0983. The zero-order valence-electron chi connectivity index (χ0n) is 18.3. The Labute approximate surface area is 209 Å². The molecule has 3 aromatic rings. The van der Waals surface area contributed by atoms with Gasteiger partial charge in [0.1, 0.15) is 12.4 Å². The second-order valence-corrected chi connectivity index (χ2v) is 9.89. The highest BCUT2D eigenvalue weighted by atomic mass is 35.5. The normalized spacial score (nSPS) is 14.8. The van der Waals surface area contributed by atoms with Crippen LogP contribution in [0.3, 0.4) is 0 Å². The van der Waals surface area contributed by atoms with E-state index in [-0.39, 0.29) is 5.91 Å². The smallest absolute Gasteiger partial charge is 0.270 e. The van der Waals surface area contributed by atoms with Crippen LogP contribution in [-0.4, -0.2) is 10.2 Å². The number of carbonyl (C=O) groups is 1. The fourth-order valence-corrected chi connectivity index (χ4v) is 4.90. The summed E-state index contributed by atoms with van der Waals surface area (Å²) in [6.45, 7) is 2.62. The molecule has 0 N–H and O–H groups in total. The monoisotopic (exact) mass is 493 g/mol. The highest BCUT2D eigenvalue weighted by molar-refractivity contribution is 8.27. The Morgan fingerprint density at radius 1 is 1.03 bits per heavy atom. The third kappa shape index (κ3) is 6.05. The SMILES string of the molecule is CCCCc1ccc(N2C(=O)C(=Cc3cccc(OCc4ccc(Cl)cc4)c3)SC2=S)cc1. The fraction of sp³-hybridized carbons (Fsp3) is 0.185. The number of amides is 1. The molecule has 0 radical (unpaired) electrons. The number of benzene rings is 3. The first-order chi connectivity index (χ1) is 16.0. The molecule has 3 aromatic carbocycles. The molecule has 0 aliphatic carbocycles. The summed E-state index contributed by atoms with van der Waals surface area (Å²) in [5.41, 5.74) is 4.00. The highest BCUT2D eigenvalue weighted by Crippen LogP contribution is 2.36. The van der Waals surface area contributed by atoms with Gasteiger partial charge >= 0.3 is 0 Å². The molecule has 168 valence electrons. The topological polar surface area (TPSA) is 29.5 Å². The zero-order chi connectivity index (χ0) is 23.2. The third-order valence-electron chi connectivity index (χ3n) is 5.28. The Kier molecular flexibility index (Phi) is 7.86. The lowest BCUT2D eigenvalue weighted by atomic mass is 10.1. The molecule has 1 aliphatic rings. The van der Waals surface area contributed by atoms with Crippen LogP contribution in [0, 0.1) is 0 Å². The van der Waals surface area contributed by atoms with Crippen LogP contribution in [0.4, 0.5) is 5.69 Å². The third-order valence-corrected chi connectivity index (χ3v) is 6.84. The first-order valence-corrected chi connectivity index (χ1v) is 12.5. The summed E-state index contributed by atoms with van der Waals surface area (Å²) in [7, 11) is 0. The van der Waals surface area contributed by atoms with Crippen molar-refractivity contribution in [2.45, 2.75) is 32.8 Å². The fourth-order valence-electron chi connectivity index (χ4n) is 3.48. The van der Waals surface area contributed by atoms with Crippen LogP contribution in [0.2, 0.25) is 5.02 Å². The van der Waals surface area contributed by atoms with Gasteiger partial charge in [-0.15, -0.1) is 0 Å². The van der Waals surface area contributed by atoms with Crippen LogP contribution in [-0.2, 0) is 17.8 Å². The van der Waals surface area contributed by atoms with Crippen molar-refractivity contribution in [2.75, 3.05) is 4.90 Å². The molecule has 0 spiro atoms. The number of unbranched alkanes of at least 4 members (excludes halogenated alkanes) is 1. The number of thiocarbonyl (C=S) groups is 1. The van der Waals surface area contributed by atoms with E-state index in [0.29, 0.717) is 20.9 Å². The van der Waals surface area contributed by atoms with Gasteiger partial charge in [-0.05, 0) is 72.0 Å². The van der Waals surface area contributed by atoms with E-state index >= 15 is 0 Å². The number of anilines is 1. The number of halogens is 1. The number of rotatable bonds is 8. The molecule has 1 aliphatic heterocycles. The summed E-state index contributed by atoms with van der Waals surface area (Å²) in [6, 6.07) is 23.4. The van der Waals surface area contributed by atoms with Crippen LogP contribution >= 0.6 is 35.6 Å². The maximum absolute atomic E-state index is 13.1. The van der Waals surface area contributed by atoms with Crippen molar-refractivity contribution in [1.82, 2.24) is 0 Å². The summed E-state index contributed by atoms with van der Waals surface area (Å²) in [4.78, 5) is 15.3. The number of ether oxygens (including phenoxy) is 1. The Hall–Kier alpha value is -2.60. The molecule has 1 amide bonds. The number of thioether (sulfide) groups is 1. The Morgan fingerprint density at radius 3 is 2.48 bits per heavy atom. The van der Waals surface area contributed by atoms with Crippen molar-refractivity contribution in [3.8, 4) is 5.75 Å². The summed E-state index contributed by atoms with van der Waals surface area (Å²) >= 11 is 12.8. The highest BCUT2D eigenvalue weighted by Gasteiger charge is 2.33. The van der Waals surface area contributed by atoms with Crippen molar-refractivity contribution in [3.63, 3.8) is 0 Å². The summed E-state index contributed by atoms with van der Waals surface area (Å²) < 4.78 is 6.46. The van der Waals surface area contributed by atoms with E-state index in [4.69, 9.17) is 28.6 Å². The minimum absolute atomic E-state index is 0.0983. The molecule has 4 rings (SSSR count). The van der Waals surface area contributed by atoms with Crippen LogP contribution in [0.25, 0.3) is 6.08 Å². The lowest BCUT2D eigenvalue weighted by Gasteiger charge is -2.15. The van der Waals surface area contributed by atoms with Crippen molar-refractivity contribution < 1.29 is 9.53 Å². The molecule has 33 heavy (non-hydrogen) atoms. The molecule has 6 heteroatoms. The van der Waals surface area contributed by atoms with Crippen LogP contribution < -0.4 is 9.64 Å². The van der Waals surface area contributed by atoms with E-state index in [1.165, 1.54) is 17.3 Å². The molecule has 0 aromatic heterocycles. The quantitative estimate of drug-likeness (QED) is 0.238. The van der Waals surface area contributed by atoms with Gasteiger partial charge in [0, 0.05) is 5.02 Å². The average Bonchev–Trinajstić information content (AvgIpc) is 3.10. The number of carbonyl (C=O) groups excluding carboxylic acids is 1. The van der Waals surface area contributed by atoms with Crippen LogP contribution in [0.5, 0.6) is 5.75 Å². The van der Waals surface area contributed by atoms with Gasteiger partial charge < -0.3 is 4.74 Å². The standard InChI is InChI=1S/C27H24ClNO2S2/c1-2-3-5-19-10-14-23(15-11-19)29-26(30)25(33-27(29)32)17-21-6-4-7-24(16-21)31-18-20-8-12-22(28)13-9-20/h4,6-17H,2-3,5,18H2,1H3. The van der Waals surface area contributed by atoms with Crippen molar-refractivity contribution in [1.29, 1.82) is 0 Å². The molecular formula is C27H24ClNO2S2. The molecule has 1 fully saturated rings. The van der Waals surface area contributed by atoms with Gasteiger partial charge in [-0.1, -0.05) is 85.3 Å². The summed E-state index contributed by atoms with van der Waals surface area (Å²) in [6.07, 6.45) is 5.23. The van der Waals surface area contributed by atoms with Crippen LogP contribution in [0.1, 0.15) is 36.5 Å². The van der Waals surface area contributed by atoms with Crippen molar-refractivity contribution >= 4 is 57.6 Å². The predicted molar refractivity (Wildman–Crippen MR) is 143 cm³/mol. The van der Waals surface area contributed by atoms with Gasteiger partial charge in [0.2, 0.25) is 0 Å². The van der Waals surface area contributed by atoms with E-state index in [1.807, 2.05) is 66.7 Å². The molecule has 0 unspecified atom stereocenters. The Balaban J connectivity index is 1.45. The van der Waals surface area contributed by atoms with E-state index in [0.717, 1.165) is 41.8 Å². The van der Waals surface area contributed by atoms with E-state index < -0.39 is 0 Å². The van der Waals surface area contributed by atoms with Crippen molar-refractivity contribution in [3.05, 3.63) is 99.4 Å². The Bertz CT molecular complexity index is 1170. The Morgan fingerprint density at radius 2 is 1.76 bits per heavy atom. The lowest BCUT2D eigenvalue weighted by molar-refractivity contribution is -0.113. The average molecular weight is 494 g/mol. The summed E-state index contributed by atoms with van der Waals surface area (Å²) in [5, 5.41) is 0.700. The molecule has 0 atom stereocenters. The molecule has 0 bridgehead atoms. The molecular weight excluding hydrogens is 470 g/mol. The maximum atomic E-state index is 13.1. The van der Waals surface area contributed by atoms with Crippen molar-refractivity contribution in [2.24, 2.45) is 0 Å². The van der Waals surface area contributed by atoms with Gasteiger partial charge in [0.05, 0.1) is 10.6 Å². The summed E-state index contributed by atoms with van der Waals surface area (Å²) in [5.74, 6) is 0.635. The zero-order valence-corrected chi connectivity index (χ0v) is 20.7. The predicted octanol–water partition coefficient (Wildman–Crippen LogP) is 7.67. The lowest BCUT2D eigenvalue weighted by Crippen LogP contribution is -2.27. The van der Waals surface area contributed by atoms with Gasteiger partial charge in [0.25, 0.3) is 5.91 Å². The maximum Gasteiger partial charge on any atom is 0.270 e. The van der Waals surface area contributed by atoms with Gasteiger partial charge in [-0.2, -0.15) is 0 Å². The first-order valence-electron chi connectivity index (χ1n) is 10.9. The van der Waals surface area contributed by atoms with Gasteiger partial charge in [-0.25, -0.2) is 0 Å². The second-order valence-electron chi connectivity index (χ2n) is 7.77. The molecule has 0 saturated carbocycles. The van der Waals surface area contributed by atoms with E-state index in [2.05, 4.69) is 19.1 Å². The molecule has 3 nitrogen and oxygen atoms in total. The number of aryl methyl sites for hydroxylation is 1. The number of nitrogens with zero attached hydrogens (tertiary/aromatic N) is 1. The molecule has 1 saturated heterocycles.